The van der Waals surface area contributed by atoms with Crippen molar-refractivity contribution in [1.29, 1.82) is 0 Å². The summed E-state index contributed by atoms with van der Waals surface area (Å²) in [5, 5.41) is 9.96. The maximum absolute atomic E-state index is 12.8. The van der Waals surface area contributed by atoms with Crippen LogP contribution in [0.3, 0.4) is 0 Å². The van der Waals surface area contributed by atoms with Gasteiger partial charge in [0.1, 0.15) is 6.04 Å². The number of fused-ring (bicyclic) bond motifs is 3. The van der Waals surface area contributed by atoms with E-state index in [9.17, 15) is 14.7 Å². The number of carboxylic acid groups (broad SMARTS) is 1. The number of aliphatic carboxylic acids is 1. The molecular formula is C23H27NO4. The zero-order chi connectivity index (χ0) is 20.3. The number of amides is 1. The third-order valence-corrected chi connectivity index (χ3v) is 5.34. The number of rotatable bonds is 7. The molecule has 0 heterocycles. The highest BCUT2D eigenvalue weighted by Gasteiger charge is 2.41. The van der Waals surface area contributed by atoms with Crippen molar-refractivity contribution in [3.63, 3.8) is 0 Å². The number of nitrogens with zero attached hydrogens (tertiary/aromatic N) is 1. The highest BCUT2D eigenvalue weighted by molar-refractivity contribution is 5.85. The van der Waals surface area contributed by atoms with E-state index in [0.717, 1.165) is 35.1 Å². The van der Waals surface area contributed by atoms with E-state index in [2.05, 4.69) is 13.8 Å². The van der Waals surface area contributed by atoms with Gasteiger partial charge < -0.3 is 9.84 Å². The van der Waals surface area contributed by atoms with Crippen molar-refractivity contribution < 1.29 is 19.4 Å². The summed E-state index contributed by atoms with van der Waals surface area (Å²) in [6.45, 7) is 4.22. The van der Waals surface area contributed by atoms with Crippen molar-refractivity contribution in [3.05, 3.63) is 59.7 Å². The minimum Gasteiger partial charge on any atom is -0.480 e. The van der Waals surface area contributed by atoms with Crippen LogP contribution in [0.1, 0.15) is 50.3 Å². The first-order valence-electron chi connectivity index (χ1n) is 9.73. The average Bonchev–Trinajstić information content (AvgIpc) is 3.01. The lowest BCUT2D eigenvalue weighted by molar-refractivity contribution is -0.143. The second-order valence-electron chi connectivity index (χ2n) is 7.63. The number of carboxylic acids is 1. The zero-order valence-electron chi connectivity index (χ0n) is 16.6. The van der Waals surface area contributed by atoms with Gasteiger partial charge in [0.15, 0.2) is 0 Å². The van der Waals surface area contributed by atoms with Crippen LogP contribution < -0.4 is 0 Å². The first-order valence-corrected chi connectivity index (χ1v) is 9.73. The predicted molar refractivity (Wildman–Crippen MR) is 108 cm³/mol. The van der Waals surface area contributed by atoms with Crippen molar-refractivity contribution in [3.8, 4) is 11.1 Å². The minimum absolute atomic E-state index is 0.392. The lowest BCUT2D eigenvalue weighted by atomic mass is 9.98. The molecule has 1 atom stereocenters. The number of methoxy groups -OCH3 is 1. The van der Waals surface area contributed by atoms with Crippen LogP contribution in [0.25, 0.3) is 11.1 Å². The molecule has 0 saturated carbocycles. The van der Waals surface area contributed by atoms with E-state index in [1.165, 1.54) is 12.0 Å². The van der Waals surface area contributed by atoms with Gasteiger partial charge in [0.25, 0.3) is 0 Å². The van der Waals surface area contributed by atoms with E-state index in [1.54, 1.807) is 0 Å². The van der Waals surface area contributed by atoms with Crippen molar-refractivity contribution in [1.82, 2.24) is 4.90 Å². The van der Waals surface area contributed by atoms with Gasteiger partial charge >= 0.3 is 12.1 Å². The Bertz CT molecular complexity index is 816. The molecule has 0 aliphatic heterocycles. The number of ether oxygens (including phenoxy) is 1. The highest BCUT2D eigenvalue weighted by atomic mass is 16.5. The average molecular weight is 381 g/mol. The summed E-state index contributed by atoms with van der Waals surface area (Å²) in [6, 6.07) is 14.3. The number of carbonyl (C=O) groups excluding carboxylic acids is 1. The van der Waals surface area contributed by atoms with E-state index in [-0.39, 0.29) is 0 Å². The maximum atomic E-state index is 12.8. The molecular weight excluding hydrogens is 354 g/mol. The number of benzene rings is 2. The maximum Gasteiger partial charge on any atom is 0.411 e. The molecule has 0 unspecified atom stereocenters. The van der Waals surface area contributed by atoms with Crippen LogP contribution in [-0.4, -0.2) is 35.2 Å². The van der Waals surface area contributed by atoms with Crippen LogP contribution in [-0.2, 0) is 9.53 Å². The molecule has 0 aromatic heterocycles. The molecule has 0 spiro atoms. The van der Waals surface area contributed by atoms with E-state index in [0.29, 0.717) is 12.3 Å². The fourth-order valence-corrected chi connectivity index (χ4v) is 4.05. The Labute approximate surface area is 165 Å². The predicted octanol–water partition coefficient (Wildman–Crippen LogP) is 5.10. The van der Waals surface area contributed by atoms with E-state index in [1.807, 2.05) is 48.5 Å². The van der Waals surface area contributed by atoms with Gasteiger partial charge in [-0.1, -0.05) is 75.2 Å². The lowest BCUT2D eigenvalue weighted by Gasteiger charge is -2.34. The summed E-state index contributed by atoms with van der Waals surface area (Å²) in [5.41, 5.74) is 3.93. The Morgan fingerprint density at radius 2 is 1.54 bits per heavy atom. The molecule has 2 aromatic rings. The SMILES string of the molecule is COC(=O)N(C1c2ccccc2-c2ccccc21)[C@@H](CCCC(C)C)C(=O)O. The molecule has 148 valence electrons. The summed E-state index contributed by atoms with van der Waals surface area (Å²) in [5.74, 6) is -0.523. The van der Waals surface area contributed by atoms with Crippen LogP contribution in [0.2, 0.25) is 0 Å². The molecule has 0 saturated heterocycles. The van der Waals surface area contributed by atoms with Gasteiger partial charge in [-0.05, 0) is 34.6 Å². The Balaban J connectivity index is 2.06. The molecule has 1 amide bonds. The van der Waals surface area contributed by atoms with Gasteiger partial charge in [0.2, 0.25) is 0 Å². The second kappa shape index (κ2) is 8.46. The summed E-state index contributed by atoms with van der Waals surface area (Å²) in [4.78, 5) is 26.4. The molecule has 3 rings (SSSR count). The van der Waals surface area contributed by atoms with Crippen molar-refractivity contribution >= 4 is 12.1 Å². The fourth-order valence-electron chi connectivity index (χ4n) is 4.05. The largest absolute Gasteiger partial charge is 0.480 e. The topological polar surface area (TPSA) is 66.8 Å². The van der Waals surface area contributed by atoms with Crippen molar-refractivity contribution in [2.45, 2.75) is 45.2 Å². The van der Waals surface area contributed by atoms with E-state index in [4.69, 9.17) is 4.74 Å². The molecule has 1 N–H and O–H groups in total. The minimum atomic E-state index is -1.00. The van der Waals surface area contributed by atoms with Crippen molar-refractivity contribution in [2.24, 2.45) is 5.92 Å². The molecule has 1 aliphatic carbocycles. The normalized spacial score (nSPS) is 13.7. The first kappa shape index (κ1) is 19.9. The monoisotopic (exact) mass is 381 g/mol. The molecule has 0 radical (unpaired) electrons. The van der Waals surface area contributed by atoms with Crippen LogP contribution in [0, 0.1) is 5.92 Å². The third kappa shape index (κ3) is 3.75. The molecule has 2 aromatic carbocycles. The number of hydrogen-bond donors (Lipinski definition) is 1. The summed E-state index contributed by atoms with van der Waals surface area (Å²) in [7, 11) is 1.30. The van der Waals surface area contributed by atoms with E-state index < -0.39 is 24.1 Å². The van der Waals surface area contributed by atoms with Crippen LogP contribution >= 0.6 is 0 Å². The Hall–Kier alpha value is -2.82. The van der Waals surface area contributed by atoms with Gasteiger partial charge in [-0.3, -0.25) is 4.90 Å². The number of hydrogen-bond acceptors (Lipinski definition) is 3. The van der Waals surface area contributed by atoms with Gasteiger partial charge in [-0.25, -0.2) is 9.59 Å². The van der Waals surface area contributed by atoms with Crippen LogP contribution in [0.5, 0.6) is 0 Å². The molecule has 5 nitrogen and oxygen atoms in total. The van der Waals surface area contributed by atoms with Gasteiger partial charge in [0, 0.05) is 0 Å². The number of carbonyl (C=O) groups is 2. The molecule has 1 aliphatic rings. The Morgan fingerprint density at radius 1 is 1.00 bits per heavy atom. The lowest BCUT2D eigenvalue weighted by Crippen LogP contribution is -2.47. The molecule has 0 fully saturated rings. The van der Waals surface area contributed by atoms with Crippen LogP contribution in [0.4, 0.5) is 4.79 Å². The zero-order valence-corrected chi connectivity index (χ0v) is 16.6. The smallest absolute Gasteiger partial charge is 0.411 e. The standard InChI is InChI=1S/C23H27NO4/c1-15(2)9-8-14-20(22(25)26)24(23(27)28-3)21-18-12-6-4-10-16(18)17-11-5-7-13-19(17)21/h4-7,10-13,15,20-21H,8-9,14H2,1-3H3,(H,25,26)/t20-/m0/s1. The van der Waals surface area contributed by atoms with Crippen molar-refractivity contribution in [2.75, 3.05) is 7.11 Å². The van der Waals surface area contributed by atoms with Crippen LogP contribution in [0.15, 0.2) is 48.5 Å². The molecule has 0 bridgehead atoms. The first-order chi connectivity index (χ1) is 13.5. The highest BCUT2D eigenvalue weighted by Crippen LogP contribution is 2.47. The Morgan fingerprint density at radius 3 is 2.00 bits per heavy atom. The van der Waals surface area contributed by atoms with Gasteiger partial charge in [0.05, 0.1) is 13.2 Å². The van der Waals surface area contributed by atoms with Gasteiger partial charge in [-0.2, -0.15) is 0 Å². The molecule has 5 heteroatoms. The van der Waals surface area contributed by atoms with E-state index >= 15 is 0 Å². The quantitative estimate of drug-likeness (QED) is 0.724. The third-order valence-electron chi connectivity index (χ3n) is 5.34. The second-order valence-corrected chi connectivity index (χ2v) is 7.63. The summed E-state index contributed by atoms with van der Waals surface area (Å²) in [6.07, 6.45) is 1.42. The van der Waals surface area contributed by atoms with Gasteiger partial charge in [-0.15, -0.1) is 0 Å². The Kier molecular flexibility index (Phi) is 6.02. The summed E-state index contributed by atoms with van der Waals surface area (Å²) < 4.78 is 5.04. The fraction of sp³-hybridized carbons (Fsp3) is 0.391. The summed E-state index contributed by atoms with van der Waals surface area (Å²) >= 11 is 0. The molecule has 28 heavy (non-hydrogen) atoms.